The van der Waals surface area contributed by atoms with E-state index in [-0.39, 0.29) is 10.8 Å². The van der Waals surface area contributed by atoms with Gasteiger partial charge in [0.05, 0.1) is 17.2 Å². The third-order valence-corrected chi connectivity index (χ3v) is 5.32. The summed E-state index contributed by atoms with van der Waals surface area (Å²) in [5.41, 5.74) is 0.792. The van der Waals surface area contributed by atoms with E-state index in [9.17, 15) is 13.2 Å². The highest BCUT2D eigenvalue weighted by Crippen LogP contribution is 2.28. The van der Waals surface area contributed by atoms with Gasteiger partial charge in [-0.3, -0.25) is 4.79 Å². The quantitative estimate of drug-likeness (QED) is 0.684. The van der Waals surface area contributed by atoms with Crippen molar-refractivity contribution in [2.24, 2.45) is 5.92 Å². The van der Waals surface area contributed by atoms with Gasteiger partial charge in [0.1, 0.15) is 5.75 Å². The Bertz CT molecular complexity index is 865. The van der Waals surface area contributed by atoms with Crippen LogP contribution in [0.1, 0.15) is 37.6 Å². The number of benzene rings is 2. The summed E-state index contributed by atoms with van der Waals surface area (Å²) >= 11 is 0. The second-order valence-corrected chi connectivity index (χ2v) is 8.26. The SMILES string of the molecule is CCOc1ccc(S(=O)(=O)NCCC(C)C)cc1NC(=O)c1ccccc1. The molecule has 2 N–H and O–H groups in total. The third-order valence-electron chi connectivity index (χ3n) is 3.86. The largest absolute Gasteiger partial charge is 0.492 e. The highest BCUT2D eigenvalue weighted by Gasteiger charge is 2.18. The van der Waals surface area contributed by atoms with Crippen LogP contribution in [0, 0.1) is 5.92 Å². The molecule has 0 aliphatic heterocycles. The van der Waals surface area contributed by atoms with Crippen LogP contribution in [0.25, 0.3) is 0 Å². The maximum Gasteiger partial charge on any atom is 0.255 e. The Labute approximate surface area is 161 Å². The molecule has 0 fully saturated rings. The van der Waals surface area contributed by atoms with Crippen molar-refractivity contribution in [3.05, 3.63) is 54.1 Å². The molecule has 1 amide bonds. The minimum Gasteiger partial charge on any atom is -0.492 e. The van der Waals surface area contributed by atoms with Gasteiger partial charge in [-0.15, -0.1) is 0 Å². The van der Waals surface area contributed by atoms with Gasteiger partial charge in [0, 0.05) is 12.1 Å². The molecular formula is C20H26N2O4S. The normalized spacial score (nSPS) is 11.4. The molecular weight excluding hydrogens is 364 g/mol. The van der Waals surface area contributed by atoms with Crippen LogP contribution in [0.3, 0.4) is 0 Å². The van der Waals surface area contributed by atoms with Crippen molar-refractivity contribution in [2.45, 2.75) is 32.1 Å². The average molecular weight is 391 g/mol. The molecule has 0 aliphatic rings. The first kappa shape index (κ1) is 20.9. The van der Waals surface area contributed by atoms with Crippen LogP contribution in [0.2, 0.25) is 0 Å². The molecule has 146 valence electrons. The van der Waals surface area contributed by atoms with Gasteiger partial charge in [-0.1, -0.05) is 32.0 Å². The van der Waals surface area contributed by atoms with Crippen LogP contribution in [0.5, 0.6) is 5.75 Å². The summed E-state index contributed by atoms with van der Waals surface area (Å²) in [6.07, 6.45) is 0.744. The fourth-order valence-electron chi connectivity index (χ4n) is 2.40. The van der Waals surface area contributed by atoms with E-state index in [1.54, 1.807) is 30.3 Å². The van der Waals surface area contributed by atoms with Gasteiger partial charge < -0.3 is 10.1 Å². The number of amides is 1. The molecule has 0 saturated carbocycles. The zero-order valence-electron chi connectivity index (χ0n) is 15.9. The number of hydrogen-bond acceptors (Lipinski definition) is 4. The number of rotatable bonds is 9. The lowest BCUT2D eigenvalue weighted by atomic mass is 10.1. The molecule has 0 unspecified atom stereocenters. The van der Waals surface area contributed by atoms with E-state index < -0.39 is 10.0 Å². The smallest absolute Gasteiger partial charge is 0.255 e. The molecule has 0 atom stereocenters. The predicted molar refractivity (Wildman–Crippen MR) is 107 cm³/mol. The molecule has 0 heterocycles. The number of nitrogens with one attached hydrogen (secondary N) is 2. The Balaban J connectivity index is 2.26. The summed E-state index contributed by atoms with van der Waals surface area (Å²) in [6.45, 7) is 6.64. The summed E-state index contributed by atoms with van der Waals surface area (Å²) in [5, 5.41) is 2.74. The molecule has 7 heteroatoms. The molecule has 27 heavy (non-hydrogen) atoms. The van der Waals surface area contributed by atoms with Gasteiger partial charge in [0.2, 0.25) is 10.0 Å². The molecule has 2 rings (SSSR count). The Kier molecular flexibility index (Phi) is 7.38. The maximum atomic E-state index is 12.5. The minimum absolute atomic E-state index is 0.0815. The fourth-order valence-corrected chi connectivity index (χ4v) is 3.48. The molecule has 0 radical (unpaired) electrons. The lowest BCUT2D eigenvalue weighted by Crippen LogP contribution is -2.26. The van der Waals surface area contributed by atoms with Crippen LogP contribution >= 0.6 is 0 Å². The Morgan fingerprint density at radius 3 is 2.44 bits per heavy atom. The van der Waals surface area contributed by atoms with Gasteiger partial charge in [-0.25, -0.2) is 13.1 Å². The highest BCUT2D eigenvalue weighted by atomic mass is 32.2. The number of carbonyl (C=O) groups is 1. The van der Waals surface area contributed by atoms with Crippen molar-refractivity contribution < 1.29 is 17.9 Å². The third kappa shape index (κ3) is 6.08. The fraction of sp³-hybridized carbons (Fsp3) is 0.350. The molecule has 2 aromatic rings. The summed E-state index contributed by atoms with van der Waals surface area (Å²) in [5.74, 6) is 0.482. The van der Waals surface area contributed by atoms with E-state index in [1.807, 2.05) is 26.8 Å². The number of sulfonamides is 1. The van der Waals surface area contributed by atoms with Gasteiger partial charge in [-0.05, 0) is 49.6 Å². The zero-order chi connectivity index (χ0) is 19.9. The summed E-state index contributed by atoms with van der Waals surface area (Å²) in [7, 11) is -3.67. The van der Waals surface area contributed by atoms with Crippen LogP contribution < -0.4 is 14.8 Å². The number of anilines is 1. The van der Waals surface area contributed by atoms with E-state index >= 15 is 0 Å². The molecule has 6 nitrogen and oxygen atoms in total. The Morgan fingerprint density at radius 2 is 1.81 bits per heavy atom. The molecule has 0 saturated heterocycles. The van der Waals surface area contributed by atoms with Crippen molar-refractivity contribution in [1.82, 2.24) is 4.72 Å². The zero-order valence-corrected chi connectivity index (χ0v) is 16.7. The van der Waals surface area contributed by atoms with Crippen LogP contribution in [-0.4, -0.2) is 27.5 Å². The minimum atomic E-state index is -3.67. The Hall–Kier alpha value is -2.38. The van der Waals surface area contributed by atoms with E-state index in [0.29, 0.717) is 36.1 Å². The van der Waals surface area contributed by atoms with Crippen LogP contribution in [0.4, 0.5) is 5.69 Å². The van der Waals surface area contributed by atoms with E-state index in [0.717, 1.165) is 6.42 Å². The van der Waals surface area contributed by atoms with Crippen molar-refractivity contribution in [3.63, 3.8) is 0 Å². The first-order chi connectivity index (χ1) is 12.8. The van der Waals surface area contributed by atoms with Crippen LogP contribution in [-0.2, 0) is 10.0 Å². The lowest BCUT2D eigenvalue weighted by Gasteiger charge is -2.14. The van der Waals surface area contributed by atoms with Crippen molar-refractivity contribution in [1.29, 1.82) is 0 Å². The van der Waals surface area contributed by atoms with E-state index in [4.69, 9.17) is 4.74 Å². The molecule has 0 spiro atoms. The monoisotopic (exact) mass is 390 g/mol. The lowest BCUT2D eigenvalue weighted by molar-refractivity contribution is 0.102. The van der Waals surface area contributed by atoms with Crippen molar-refractivity contribution in [2.75, 3.05) is 18.5 Å². The maximum absolute atomic E-state index is 12.5. The van der Waals surface area contributed by atoms with Crippen LogP contribution in [0.15, 0.2) is 53.4 Å². The van der Waals surface area contributed by atoms with Gasteiger partial charge in [-0.2, -0.15) is 0 Å². The van der Waals surface area contributed by atoms with Crippen molar-refractivity contribution in [3.8, 4) is 5.75 Å². The predicted octanol–water partition coefficient (Wildman–Crippen LogP) is 3.66. The summed E-state index contributed by atoms with van der Waals surface area (Å²) < 4.78 is 33.2. The molecule has 0 bridgehead atoms. The van der Waals surface area contributed by atoms with Gasteiger partial charge in [0.15, 0.2) is 0 Å². The first-order valence-electron chi connectivity index (χ1n) is 8.96. The van der Waals surface area contributed by atoms with E-state index in [1.165, 1.54) is 12.1 Å². The number of ether oxygens (including phenoxy) is 1. The molecule has 0 aliphatic carbocycles. The topological polar surface area (TPSA) is 84.5 Å². The summed E-state index contributed by atoms with van der Waals surface area (Å²) in [4.78, 5) is 12.5. The second kappa shape index (κ2) is 9.53. The molecule has 2 aromatic carbocycles. The summed E-state index contributed by atoms with van der Waals surface area (Å²) in [6, 6.07) is 13.2. The van der Waals surface area contributed by atoms with E-state index in [2.05, 4.69) is 10.0 Å². The average Bonchev–Trinajstić information content (AvgIpc) is 2.63. The highest BCUT2D eigenvalue weighted by molar-refractivity contribution is 7.89. The van der Waals surface area contributed by atoms with Gasteiger partial charge >= 0.3 is 0 Å². The Morgan fingerprint density at radius 1 is 1.11 bits per heavy atom. The first-order valence-corrected chi connectivity index (χ1v) is 10.4. The van der Waals surface area contributed by atoms with Gasteiger partial charge in [0.25, 0.3) is 5.91 Å². The van der Waals surface area contributed by atoms with Crippen molar-refractivity contribution >= 4 is 21.6 Å². The second-order valence-electron chi connectivity index (χ2n) is 6.49. The standard InChI is InChI=1S/C20H26N2O4S/c1-4-26-19-11-10-17(27(24,25)21-13-12-15(2)3)14-18(19)22-20(23)16-8-6-5-7-9-16/h5-11,14-15,21H,4,12-13H2,1-3H3,(H,22,23). The number of hydrogen-bond donors (Lipinski definition) is 2. The number of carbonyl (C=O) groups excluding carboxylic acids is 1. The molecule has 0 aromatic heterocycles.